The normalized spacial score (nSPS) is 21.0. The zero-order chi connectivity index (χ0) is 15.8. The molecule has 116 valence electrons. The Morgan fingerprint density at radius 3 is 2.29 bits per heavy atom. The number of amides is 1. The Balaban J connectivity index is 2.12. The first kappa shape index (κ1) is 16.0. The van der Waals surface area contributed by atoms with Gasteiger partial charge in [-0.15, -0.1) is 0 Å². The number of hydrogen-bond acceptors (Lipinski definition) is 1. The summed E-state index contributed by atoms with van der Waals surface area (Å²) in [5, 5.41) is 3.03. The highest BCUT2D eigenvalue weighted by Crippen LogP contribution is 2.45. The van der Waals surface area contributed by atoms with Crippen molar-refractivity contribution in [3.63, 3.8) is 0 Å². The van der Waals surface area contributed by atoms with Crippen molar-refractivity contribution in [3.05, 3.63) is 35.1 Å². The zero-order valence-electron chi connectivity index (χ0n) is 13.7. The van der Waals surface area contributed by atoms with E-state index in [1.165, 1.54) is 6.07 Å². The first-order valence-electron chi connectivity index (χ1n) is 7.65. The van der Waals surface area contributed by atoms with Crippen molar-refractivity contribution in [1.29, 1.82) is 0 Å². The van der Waals surface area contributed by atoms with Crippen LogP contribution in [-0.4, -0.2) is 11.9 Å². The monoisotopic (exact) mass is 291 g/mol. The molecule has 0 spiro atoms. The van der Waals surface area contributed by atoms with E-state index in [1.54, 1.807) is 12.1 Å². The predicted molar refractivity (Wildman–Crippen MR) is 83.8 cm³/mol. The minimum atomic E-state index is -0.443. The largest absolute Gasteiger partial charge is 0.349 e. The molecule has 1 aliphatic rings. The number of carbonyl (C=O) groups excluding carboxylic acids is 1. The fourth-order valence-corrected chi connectivity index (χ4v) is 4.02. The van der Waals surface area contributed by atoms with Crippen LogP contribution in [0.15, 0.2) is 18.2 Å². The molecule has 2 nitrogen and oxygen atoms in total. The van der Waals surface area contributed by atoms with Crippen LogP contribution in [-0.2, 0) is 0 Å². The predicted octanol–water partition coefficient (Wildman–Crippen LogP) is 4.47. The van der Waals surface area contributed by atoms with Gasteiger partial charge in [0.1, 0.15) is 5.82 Å². The molecule has 1 N–H and O–H groups in total. The fraction of sp³-hybridized carbons (Fsp3) is 0.611. The molecule has 0 saturated heterocycles. The summed E-state index contributed by atoms with van der Waals surface area (Å²) in [6.07, 6.45) is 3.02. The molecule has 0 bridgehead atoms. The number of carbonyl (C=O) groups is 1. The lowest BCUT2D eigenvalue weighted by molar-refractivity contribution is 0.0711. The van der Waals surface area contributed by atoms with Crippen LogP contribution in [0.5, 0.6) is 0 Å². The van der Waals surface area contributed by atoms with Crippen LogP contribution in [0.3, 0.4) is 0 Å². The average Bonchev–Trinajstić information content (AvgIpc) is 2.23. The van der Waals surface area contributed by atoms with Crippen molar-refractivity contribution in [1.82, 2.24) is 5.32 Å². The molecule has 1 aliphatic carbocycles. The van der Waals surface area contributed by atoms with Gasteiger partial charge in [-0.3, -0.25) is 4.79 Å². The molecule has 0 aliphatic heterocycles. The molecule has 1 saturated carbocycles. The van der Waals surface area contributed by atoms with Gasteiger partial charge in [-0.05, 0) is 54.7 Å². The smallest absolute Gasteiger partial charge is 0.254 e. The topological polar surface area (TPSA) is 29.1 Å². The summed E-state index contributed by atoms with van der Waals surface area (Å²) in [6, 6.07) is 4.85. The van der Waals surface area contributed by atoms with E-state index in [0.29, 0.717) is 0 Å². The molecule has 1 aromatic carbocycles. The summed E-state index contributed by atoms with van der Waals surface area (Å²) < 4.78 is 13.9. The summed E-state index contributed by atoms with van der Waals surface area (Å²) in [7, 11) is 0. The quantitative estimate of drug-likeness (QED) is 0.856. The summed E-state index contributed by atoms with van der Waals surface area (Å²) in [5.41, 5.74) is 1.36. The highest BCUT2D eigenvalue weighted by Gasteiger charge is 2.39. The highest BCUT2D eigenvalue weighted by atomic mass is 19.1. The fourth-order valence-electron chi connectivity index (χ4n) is 4.02. The van der Waals surface area contributed by atoms with E-state index in [9.17, 15) is 9.18 Å². The summed E-state index contributed by atoms with van der Waals surface area (Å²) in [5.74, 6) is -0.743. The van der Waals surface area contributed by atoms with Gasteiger partial charge >= 0.3 is 0 Å². The summed E-state index contributed by atoms with van der Waals surface area (Å²) in [4.78, 5) is 12.3. The van der Waals surface area contributed by atoms with Gasteiger partial charge in [0, 0.05) is 6.04 Å². The Labute approximate surface area is 127 Å². The molecule has 0 aromatic heterocycles. The highest BCUT2D eigenvalue weighted by molar-refractivity contribution is 5.94. The molecule has 0 unspecified atom stereocenters. The Kier molecular flexibility index (Phi) is 4.14. The van der Waals surface area contributed by atoms with E-state index in [-0.39, 0.29) is 28.3 Å². The number of nitrogens with one attached hydrogen (secondary N) is 1. The molecule has 21 heavy (non-hydrogen) atoms. The summed E-state index contributed by atoms with van der Waals surface area (Å²) >= 11 is 0. The van der Waals surface area contributed by atoms with Gasteiger partial charge in [-0.25, -0.2) is 4.39 Å². The third-order valence-electron chi connectivity index (χ3n) is 4.26. The molecule has 2 rings (SSSR count). The van der Waals surface area contributed by atoms with Gasteiger partial charge in [0.25, 0.3) is 5.91 Å². The molecule has 1 amide bonds. The lowest BCUT2D eigenvalue weighted by atomic mass is 9.63. The number of aryl methyl sites for hydroxylation is 1. The van der Waals surface area contributed by atoms with Crippen LogP contribution < -0.4 is 5.32 Å². The maximum Gasteiger partial charge on any atom is 0.254 e. The molecule has 0 radical (unpaired) electrons. The lowest BCUT2D eigenvalue weighted by Crippen LogP contribution is -2.46. The number of hydrogen-bond donors (Lipinski definition) is 1. The van der Waals surface area contributed by atoms with Gasteiger partial charge in [0.15, 0.2) is 0 Å². The van der Waals surface area contributed by atoms with Crippen LogP contribution in [0.1, 0.15) is 62.9 Å². The second-order valence-corrected chi connectivity index (χ2v) is 8.07. The second kappa shape index (κ2) is 5.43. The molecular weight excluding hydrogens is 265 g/mol. The molecular formula is C18H26FNO. The SMILES string of the molecule is Cc1ccc(C(=O)NC2CC(C)(C)CC(C)(C)C2)c(F)c1. The summed E-state index contributed by atoms with van der Waals surface area (Å²) in [6.45, 7) is 10.8. The molecule has 1 fully saturated rings. The van der Waals surface area contributed by atoms with E-state index in [1.807, 2.05) is 6.92 Å². The Morgan fingerprint density at radius 2 is 1.76 bits per heavy atom. The maximum atomic E-state index is 13.9. The van der Waals surface area contributed by atoms with Crippen molar-refractivity contribution in [2.24, 2.45) is 10.8 Å². The van der Waals surface area contributed by atoms with Gasteiger partial charge < -0.3 is 5.32 Å². The van der Waals surface area contributed by atoms with Crippen LogP contribution in [0.4, 0.5) is 4.39 Å². The van der Waals surface area contributed by atoms with Crippen molar-refractivity contribution >= 4 is 5.91 Å². The lowest BCUT2D eigenvalue weighted by Gasteiger charge is -2.45. The molecule has 0 heterocycles. The number of rotatable bonds is 2. The third-order valence-corrected chi connectivity index (χ3v) is 4.26. The van der Waals surface area contributed by atoms with Crippen LogP contribution in [0.2, 0.25) is 0 Å². The molecule has 1 aromatic rings. The zero-order valence-corrected chi connectivity index (χ0v) is 13.7. The van der Waals surface area contributed by atoms with E-state index < -0.39 is 5.82 Å². The maximum absolute atomic E-state index is 13.9. The third kappa shape index (κ3) is 4.05. The average molecular weight is 291 g/mol. The first-order valence-corrected chi connectivity index (χ1v) is 7.65. The first-order chi connectivity index (χ1) is 9.58. The van der Waals surface area contributed by atoms with E-state index in [2.05, 4.69) is 33.0 Å². The number of halogens is 1. The van der Waals surface area contributed by atoms with E-state index >= 15 is 0 Å². The second-order valence-electron chi connectivity index (χ2n) is 8.07. The van der Waals surface area contributed by atoms with Gasteiger partial charge in [0.05, 0.1) is 5.56 Å². The van der Waals surface area contributed by atoms with Crippen LogP contribution in [0.25, 0.3) is 0 Å². The van der Waals surface area contributed by atoms with Crippen LogP contribution in [0, 0.1) is 23.6 Å². The minimum absolute atomic E-state index is 0.108. The van der Waals surface area contributed by atoms with Gasteiger partial charge in [-0.1, -0.05) is 33.8 Å². The van der Waals surface area contributed by atoms with Gasteiger partial charge in [0.2, 0.25) is 0 Å². The Morgan fingerprint density at radius 1 is 1.19 bits per heavy atom. The van der Waals surface area contributed by atoms with Crippen molar-refractivity contribution in [3.8, 4) is 0 Å². The van der Waals surface area contributed by atoms with Crippen molar-refractivity contribution < 1.29 is 9.18 Å². The number of benzene rings is 1. The minimum Gasteiger partial charge on any atom is -0.349 e. The van der Waals surface area contributed by atoms with Crippen molar-refractivity contribution in [2.75, 3.05) is 0 Å². The van der Waals surface area contributed by atoms with E-state index in [0.717, 1.165) is 24.8 Å². The molecule has 0 atom stereocenters. The standard InChI is InChI=1S/C18H26FNO/c1-12-6-7-14(15(19)8-12)16(21)20-13-9-17(2,3)11-18(4,5)10-13/h6-8,13H,9-11H2,1-5H3,(H,20,21). The Hall–Kier alpha value is -1.38. The Bertz CT molecular complexity index is 532. The van der Waals surface area contributed by atoms with Crippen LogP contribution >= 0.6 is 0 Å². The molecule has 3 heteroatoms. The van der Waals surface area contributed by atoms with Gasteiger partial charge in [-0.2, -0.15) is 0 Å². The van der Waals surface area contributed by atoms with E-state index in [4.69, 9.17) is 0 Å². The van der Waals surface area contributed by atoms with Crippen molar-refractivity contribution in [2.45, 2.75) is 59.9 Å².